The average Bonchev–Trinajstić information content (AvgIpc) is 2.82. The molecule has 0 atom stereocenters. The summed E-state index contributed by atoms with van der Waals surface area (Å²) in [6.07, 6.45) is 3.54. The fourth-order valence-electron chi connectivity index (χ4n) is 1.83. The topological polar surface area (TPSA) is 46.8 Å². The molecule has 0 saturated carbocycles. The molecule has 0 spiro atoms. The van der Waals surface area contributed by atoms with E-state index in [0.29, 0.717) is 5.95 Å². The number of fused-ring (bicyclic) bond motifs is 1. The van der Waals surface area contributed by atoms with Gasteiger partial charge in [0, 0.05) is 20.3 Å². The summed E-state index contributed by atoms with van der Waals surface area (Å²) in [5, 5.41) is 0. The fourth-order valence-corrected chi connectivity index (χ4v) is 1.83. The summed E-state index contributed by atoms with van der Waals surface area (Å²) >= 11 is 0. The van der Waals surface area contributed by atoms with Gasteiger partial charge >= 0.3 is 0 Å². The molecule has 0 saturated heterocycles. The van der Waals surface area contributed by atoms with E-state index < -0.39 is 0 Å². The molecule has 2 heterocycles. The van der Waals surface area contributed by atoms with Gasteiger partial charge in [-0.25, -0.2) is 9.97 Å². The van der Waals surface area contributed by atoms with Crippen molar-refractivity contribution < 1.29 is 0 Å². The van der Waals surface area contributed by atoms with E-state index in [2.05, 4.69) is 15.0 Å². The van der Waals surface area contributed by atoms with Crippen LogP contribution in [0.3, 0.4) is 0 Å². The summed E-state index contributed by atoms with van der Waals surface area (Å²) in [4.78, 5) is 14.9. The zero-order valence-electron chi connectivity index (χ0n) is 10.3. The Morgan fingerprint density at radius 3 is 2.72 bits per heavy atom. The van der Waals surface area contributed by atoms with E-state index in [1.165, 1.54) is 0 Å². The van der Waals surface area contributed by atoms with E-state index in [1.807, 2.05) is 53.9 Å². The van der Waals surface area contributed by atoms with Gasteiger partial charge in [0.05, 0.1) is 11.0 Å². The molecule has 0 unspecified atom stereocenters. The van der Waals surface area contributed by atoms with Gasteiger partial charge in [0.15, 0.2) is 0 Å². The molecule has 0 N–H and O–H groups in total. The highest BCUT2D eigenvalue weighted by molar-refractivity contribution is 5.76. The minimum Gasteiger partial charge on any atom is -0.347 e. The van der Waals surface area contributed by atoms with Crippen molar-refractivity contribution in [3.05, 3.63) is 42.9 Å². The Bertz CT molecular complexity index is 686. The Morgan fingerprint density at radius 1 is 1.06 bits per heavy atom. The van der Waals surface area contributed by atoms with Gasteiger partial charge in [0.2, 0.25) is 5.95 Å². The second-order valence-electron chi connectivity index (χ2n) is 4.21. The Hall–Kier alpha value is -2.43. The van der Waals surface area contributed by atoms with Gasteiger partial charge in [0.1, 0.15) is 12.1 Å². The molecule has 1 aromatic carbocycles. The van der Waals surface area contributed by atoms with Crippen LogP contribution in [-0.2, 0) is 0 Å². The number of imidazole rings is 1. The highest BCUT2D eigenvalue weighted by atomic mass is 15.2. The molecule has 2 aromatic heterocycles. The smallest absolute Gasteiger partial charge is 0.226 e. The van der Waals surface area contributed by atoms with Gasteiger partial charge in [-0.2, -0.15) is 4.98 Å². The number of aromatic nitrogens is 4. The molecule has 0 aliphatic rings. The molecule has 90 valence electrons. The first-order valence-electron chi connectivity index (χ1n) is 5.68. The van der Waals surface area contributed by atoms with Crippen molar-refractivity contribution >= 4 is 17.0 Å². The van der Waals surface area contributed by atoms with Gasteiger partial charge in [-0.15, -0.1) is 0 Å². The highest BCUT2D eigenvalue weighted by Gasteiger charge is 2.06. The first-order valence-corrected chi connectivity index (χ1v) is 5.68. The number of anilines is 1. The van der Waals surface area contributed by atoms with Crippen LogP contribution in [0, 0.1) is 0 Å². The molecule has 0 bridgehead atoms. The van der Waals surface area contributed by atoms with E-state index in [1.54, 1.807) is 12.5 Å². The van der Waals surface area contributed by atoms with Crippen LogP contribution in [0.5, 0.6) is 0 Å². The standard InChI is InChI=1S/C13H13N5/c1-17(2)13-14-8-7-12(16-13)18-9-15-10-5-3-4-6-11(10)18/h3-9H,1-2H3. The first kappa shape index (κ1) is 10.7. The predicted octanol–water partition coefficient (Wildman–Crippen LogP) is 1.88. The van der Waals surface area contributed by atoms with Gasteiger partial charge < -0.3 is 4.90 Å². The van der Waals surface area contributed by atoms with Gasteiger partial charge in [-0.05, 0) is 18.2 Å². The van der Waals surface area contributed by atoms with E-state index in [4.69, 9.17) is 0 Å². The Balaban J connectivity index is 2.17. The lowest BCUT2D eigenvalue weighted by Gasteiger charge is -2.11. The zero-order chi connectivity index (χ0) is 12.5. The predicted molar refractivity (Wildman–Crippen MR) is 71.0 cm³/mol. The van der Waals surface area contributed by atoms with E-state index in [-0.39, 0.29) is 0 Å². The molecule has 3 aromatic rings. The number of rotatable bonds is 2. The van der Waals surface area contributed by atoms with Crippen LogP contribution < -0.4 is 4.90 Å². The molecule has 0 radical (unpaired) electrons. The quantitative estimate of drug-likeness (QED) is 0.685. The van der Waals surface area contributed by atoms with Crippen molar-refractivity contribution in [3.8, 4) is 5.82 Å². The fraction of sp³-hybridized carbons (Fsp3) is 0.154. The number of benzene rings is 1. The molecule has 5 nitrogen and oxygen atoms in total. The maximum absolute atomic E-state index is 4.50. The molecule has 18 heavy (non-hydrogen) atoms. The third-order valence-corrected chi connectivity index (χ3v) is 2.73. The number of nitrogens with zero attached hydrogens (tertiary/aromatic N) is 5. The normalized spacial score (nSPS) is 10.8. The molecule has 3 rings (SSSR count). The van der Waals surface area contributed by atoms with Crippen LogP contribution >= 0.6 is 0 Å². The van der Waals surface area contributed by atoms with Crippen LogP contribution in [0.4, 0.5) is 5.95 Å². The SMILES string of the molecule is CN(C)c1nccc(-n2cnc3ccccc32)n1. The maximum Gasteiger partial charge on any atom is 0.226 e. The van der Waals surface area contributed by atoms with Crippen molar-refractivity contribution in [1.82, 2.24) is 19.5 Å². The Kier molecular flexibility index (Phi) is 2.44. The summed E-state index contributed by atoms with van der Waals surface area (Å²) in [5.41, 5.74) is 2.00. The summed E-state index contributed by atoms with van der Waals surface area (Å²) < 4.78 is 1.96. The van der Waals surface area contributed by atoms with Gasteiger partial charge in [0.25, 0.3) is 0 Å². The zero-order valence-corrected chi connectivity index (χ0v) is 10.3. The molecule has 5 heteroatoms. The molecule has 0 aliphatic heterocycles. The van der Waals surface area contributed by atoms with Crippen LogP contribution in [0.15, 0.2) is 42.9 Å². The van der Waals surface area contributed by atoms with E-state index >= 15 is 0 Å². The molecular weight excluding hydrogens is 226 g/mol. The monoisotopic (exact) mass is 239 g/mol. The van der Waals surface area contributed by atoms with Crippen LogP contribution in [-0.4, -0.2) is 33.6 Å². The minimum atomic E-state index is 0.685. The highest BCUT2D eigenvalue weighted by Crippen LogP contribution is 2.17. The Morgan fingerprint density at radius 2 is 1.89 bits per heavy atom. The summed E-state index contributed by atoms with van der Waals surface area (Å²) in [6.45, 7) is 0. The molecule has 0 fully saturated rings. The largest absolute Gasteiger partial charge is 0.347 e. The number of hydrogen-bond acceptors (Lipinski definition) is 4. The third-order valence-electron chi connectivity index (χ3n) is 2.73. The molecular formula is C13H13N5. The van der Waals surface area contributed by atoms with Crippen molar-refractivity contribution in [2.45, 2.75) is 0 Å². The lowest BCUT2D eigenvalue weighted by Crippen LogP contribution is -2.13. The van der Waals surface area contributed by atoms with Crippen molar-refractivity contribution in [2.24, 2.45) is 0 Å². The van der Waals surface area contributed by atoms with Gasteiger partial charge in [-0.1, -0.05) is 12.1 Å². The summed E-state index contributed by atoms with van der Waals surface area (Å²) in [7, 11) is 3.84. The van der Waals surface area contributed by atoms with Gasteiger partial charge in [-0.3, -0.25) is 4.57 Å². The number of para-hydroxylation sites is 2. The second kappa shape index (κ2) is 4.10. The lowest BCUT2D eigenvalue weighted by atomic mass is 10.3. The maximum atomic E-state index is 4.50. The van der Waals surface area contributed by atoms with Crippen molar-refractivity contribution in [2.75, 3.05) is 19.0 Å². The number of hydrogen-bond donors (Lipinski definition) is 0. The summed E-state index contributed by atoms with van der Waals surface area (Å²) in [5.74, 6) is 1.51. The van der Waals surface area contributed by atoms with Crippen molar-refractivity contribution in [1.29, 1.82) is 0 Å². The average molecular weight is 239 g/mol. The van der Waals surface area contributed by atoms with Crippen LogP contribution in [0.25, 0.3) is 16.9 Å². The minimum absolute atomic E-state index is 0.685. The molecule has 0 amide bonds. The first-order chi connectivity index (χ1) is 8.75. The van der Waals surface area contributed by atoms with Crippen molar-refractivity contribution in [3.63, 3.8) is 0 Å². The van der Waals surface area contributed by atoms with E-state index in [9.17, 15) is 0 Å². The van der Waals surface area contributed by atoms with Crippen LogP contribution in [0.1, 0.15) is 0 Å². The summed E-state index contributed by atoms with van der Waals surface area (Å²) in [6, 6.07) is 9.86. The Labute approximate surface area is 105 Å². The molecule has 0 aliphatic carbocycles. The van der Waals surface area contributed by atoms with Crippen LogP contribution in [0.2, 0.25) is 0 Å². The van der Waals surface area contributed by atoms with E-state index in [0.717, 1.165) is 16.9 Å². The third kappa shape index (κ3) is 1.69. The second-order valence-corrected chi connectivity index (χ2v) is 4.21. The lowest BCUT2D eigenvalue weighted by molar-refractivity contribution is 0.944.